The fraction of sp³-hybridized carbons (Fsp3) is 0.556. The average Bonchev–Trinajstić information content (AvgIpc) is 2.66. The molecule has 4 atom stereocenters. The van der Waals surface area contributed by atoms with Crippen LogP contribution in [0.3, 0.4) is 0 Å². The number of hydrogen-bond donors (Lipinski definition) is 5. The average molecular weight is 259 g/mol. The molecule has 1 aromatic rings. The lowest BCUT2D eigenvalue weighted by Crippen LogP contribution is -2.36. The van der Waals surface area contributed by atoms with Gasteiger partial charge in [-0.05, 0) is 6.07 Å². The minimum Gasteiger partial charge on any atom is -0.394 e. The van der Waals surface area contributed by atoms with Crippen LogP contribution in [0, 0.1) is 0 Å². The van der Waals surface area contributed by atoms with Crippen molar-refractivity contribution in [2.75, 3.05) is 12.1 Å². The third kappa shape index (κ3) is 2.09. The number of nitrogens with one attached hydrogen (secondary N) is 1. The van der Waals surface area contributed by atoms with E-state index in [1.165, 1.54) is 12.3 Å². The highest BCUT2D eigenvalue weighted by atomic mass is 16.6. The largest absolute Gasteiger partial charge is 0.394 e. The highest BCUT2D eigenvalue weighted by molar-refractivity contribution is 5.28. The predicted molar refractivity (Wildman–Crippen MR) is 56.9 cm³/mol. The fourth-order valence-corrected chi connectivity index (χ4v) is 1.78. The van der Waals surface area contributed by atoms with Gasteiger partial charge in [0, 0.05) is 6.20 Å². The van der Waals surface area contributed by atoms with Gasteiger partial charge in [0.25, 0.3) is 0 Å². The molecule has 2 heterocycles. The van der Waals surface area contributed by atoms with Crippen molar-refractivity contribution >= 4 is 5.82 Å². The van der Waals surface area contributed by atoms with Crippen LogP contribution >= 0.6 is 0 Å². The zero-order valence-corrected chi connectivity index (χ0v) is 9.17. The molecule has 0 spiro atoms. The normalized spacial score (nSPS) is 31.6. The van der Waals surface area contributed by atoms with Crippen LogP contribution in [0.5, 0.6) is 0 Å². The van der Waals surface area contributed by atoms with E-state index in [0.717, 1.165) is 4.57 Å². The van der Waals surface area contributed by atoms with Gasteiger partial charge in [0.05, 0.1) is 6.61 Å². The zero-order valence-electron chi connectivity index (χ0n) is 9.17. The standard InChI is InChI=1S/C9H13N3O6/c13-3-4-6(14)7(15)8(18-4)12-2-1-5(11-17)10-9(12)16/h1-2,4,6-8,13-15,17H,3H2,(H,10,11,16)/t4-,6-,7-,8?/m1/s1. The molecule has 5 N–H and O–H groups in total. The Kier molecular flexibility index (Phi) is 3.59. The van der Waals surface area contributed by atoms with Gasteiger partial charge in [-0.1, -0.05) is 0 Å². The molecule has 0 radical (unpaired) electrons. The number of anilines is 1. The Morgan fingerprint density at radius 2 is 2.17 bits per heavy atom. The van der Waals surface area contributed by atoms with Crippen molar-refractivity contribution in [1.82, 2.24) is 9.55 Å². The van der Waals surface area contributed by atoms with E-state index < -0.39 is 36.8 Å². The molecule has 100 valence electrons. The minimum absolute atomic E-state index is 0.0528. The lowest BCUT2D eigenvalue weighted by molar-refractivity contribution is -0.0549. The van der Waals surface area contributed by atoms with Crippen molar-refractivity contribution in [3.05, 3.63) is 22.7 Å². The summed E-state index contributed by atoms with van der Waals surface area (Å²) in [6.07, 6.45) is -3.50. The molecule has 1 aliphatic rings. The van der Waals surface area contributed by atoms with Crippen molar-refractivity contribution in [2.24, 2.45) is 0 Å². The number of hydrogen-bond acceptors (Lipinski definition) is 8. The number of aromatic nitrogens is 2. The van der Waals surface area contributed by atoms with Gasteiger partial charge < -0.3 is 20.1 Å². The summed E-state index contributed by atoms with van der Waals surface area (Å²) in [5, 5.41) is 36.8. The van der Waals surface area contributed by atoms with Crippen LogP contribution in [0.4, 0.5) is 5.82 Å². The summed E-state index contributed by atoms with van der Waals surface area (Å²) in [5.74, 6) is -0.0528. The summed E-state index contributed by atoms with van der Waals surface area (Å²) in [4.78, 5) is 15.1. The van der Waals surface area contributed by atoms with Gasteiger partial charge in [0.2, 0.25) is 0 Å². The first-order valence-electron chi connectivity index (χ1n) is 5.20. The van der Waals surface area contributed by atoms with E-state index in [4.69, 9.17) is 15.1 Å². The van der Waals surface area contributed by atoms with Crippen molar-refractivity contribution in [3.63, 3.8) is 0 Å². The fourth-order valence-electron chi connectivity index (χ4n) is 1.78. The number of aliphatic hydroxyl groups excluding tert-OH is 3. The van der Waals surface area contributed by atoms with Crippen molar-refractivity contribution < 1.29 is 25.3 Å². The maximum absolute atomic E-state index is 11.6. The van der Waals surface area contributed by atoms with E-state index in [1.54, 1.807) is 5.48 Å². The first-order valence-corrected chi connectivity index (χ1v) is 5.20. The van der Waals surface area contributed by atoms with Crippen LogP contribution in [-0.4, -0.2) is 55.0 Å². The molecule has 1 aliphatic heterocycles. The maximum atomic E-state index is 11.6. The molecule has 0 amide bonds. The predicted octanol–water partition coefficient (Wildman–Crippen LogP) is -2.34. The SMILES string of the molecule is O=c1nc(NO)ccn1C1O[C@H](CO)[C@@H](O)[C@H]1O. The molecule has 0 aromatic carbocycles. The topological polar surface area (TPSA) is 137 Å². The summed E-state index contributed by atoms with van der Waals surface area (Å²) < 4.78 is 6.13. The van der Waals surface area contributed by atoms with Gasteiger partial charge >= 0.3 is 5.69 Å². The van der Waals surface area contributed by atoms with E-state index in [1.807, 2.05) is 0 Å². The molecule has 1 unspecified atom stereocenters. The Bertz CT molecular complexity index is 478. The zero-order chi connectivity index (χ0) is 13.3. The van der Waals surface area contributed by atoms with Gasteiger partial charge in [0.1, 0.15) is 18.3 Å². The van der Waals surface area contributed by atoms with Gasteiger partial charge in [-0.15, -0.1) is 0 Å². The molecule has 2 rings (SSSR count). The highest BCUT2D eigenvalue weighted by Crippen LogP contribution is 2.27. The van der Waals surface area contributed by atoms with Crippen molar-refractivity contribution in [2.45, 2.75) is 24.5 Å². The molecule has 0 aliphatic carbocycles. The summed E-state index contributed by atoms with van der Waals surface area (Å²) in [6, 6.07) is 1.29. The van der Waals surface area contributed by atoms with E-state index >= 15 is 0 Å². The monoisotopic (exact) mass is 259 g/mol. The van der Waals surface area contributed by atoms with Gasteiger partial charge in [-0.3, -0.25) is 15.3 Å². The van der Waals surface area contributed by atoms with Crippen LogP contribution in [-0.2, 0) is 4.74 Å². The van der Waals surface area contributed by atoms with Crippen LogP contribution < -0.4 is 11.2 Å². The number of aliphatic hydroxyl groups is 3. The molecule has 0 bridgehead atoms. The smallest absolute Gasteiger partial charge is 0.351 e. The molecule has 9 nitrogen and oxygen atoms in total. The van der Waals surface area contributed by atoms with Crippen LogP contribution in [0.25, 0.3) is 0 Å². The lowest BCUT2D eigenvalue weighted by atomic mass is 10.1. The number of ether oxygens (including phenoxy) is 1. The van der Waals surface area contributed by atoms with Gasteiger partial charge in [-0.2, -0.15) is 4.98 Å². The first-order chi connectivity index (χ1) is 8.58. The molecule has 1 fully saturated rings. The number of rotatable bonds is 3. The highest BCUT2D eigenvalue weighted by Gasteiger charge is 2.43. The Balaban J connectivity index is 2.30. The summed E-state index contributed by atoms with van der Waals surface area (Å²) in [7, 11) is 0. The molecule has 1 saturated heterocycles. The Morgan fingerprint density at radius 3 is 2.67 bits per heavy atom. The molecule has 9 heteroatoms. The Morgan fingerprint density at radius 1 is 1.44 bits per heavy atom. The quantitative estimate of drug-likeness (QED) is 0.381. The molecule has 1 aromatic heterocycles. The summed E-state index contributed by atoms with van der Waals surface area (Å²) >= 11 is 0. The number of nitrogens with zero attached hydrogens (tertiary/aromatic N) is 2. The lowest BCUT2D eigenvalue weighted by Gasteiger charge is -2.16. The van der Waals surface area contributed by atoms with E-state index in [0.29, 0.717) is 0 Å². The molecular weight excluding hydrogens is 246 g/mol. The van der Waals surface area contributed by atoms with Crippen LogP contribution in [0.15, 0.2) is 17.1 Å². The maximum Gasteiger partial charge on any atom is 0.351 e. The Hall–Kier alpha value is -1.52. The second-order valence-electron chi connectivity index (χ2n) is 3.84. The van der Waals surface area contributed by atoms with Crippen molar-refractivity contribution in [3.8, 4) is 0 Å². The van der Waals surface area contributed by atoms with E-state index in [2.05, 4.69) is 4.98 Å². The van der Waals surface area contributed by atoms with E-state index in [9.17, 15) is 15.0 Å². The molecule has 0 saturated carbocycles. The van der Waals surface area contributed by atoms with E-state index in [-0.39, 0.29) is 5.82 Å². The third-order valence-corrected chi connectivity index (χ3v) is 2.74. The van der Waals surface area contributed by atoms with Crippen molar-refractivity contribution in [1.29, 1.82) is 0 Å². The Labute approximate surface area is 101 Å². The van der Waals surface area contributed by atoms with Crippen LogP contribution in [0.2, 0.25) is 0 Å². The third-order valence-electron chi connectivity index (χ3n) is 2.74. The molecule has 18 heavy (non-hydrogen) atoms. The first kappa shape index (κ1) is 12.9. The van der Waals surface area contributed by atoms with Crippen LogP contribution in [0.1, 0.15) is 6.23 Å². The molecular formula is C9H13N3O6. The second-order valence-corrected chi connectivity index (χ2v) is 3.84. The van der Waals surface area contributed by atoms with Gasteiger partial charge in [0.15, 0.2) is 12.0 Å². The van der Waals surface area contributed by atoms with Gasteiger partial charge in [-0.25, -0.2) is 4.79 Å². The second kappa shape index (κ2) is 5.00. The summed E-state index contributed by atoms with van der Waals surface area (Å²) in [6.45, 7) is -0.479. The summed E-state index contributed by atoms with van der Waals surface area (Å²) in [5.41, 5.74) is 0.934. The minimum atomic E-state index is -1.35.